The van der Waals surface area contributed by atoms with Crippen molar-refractivity contribution in [1.29, 1.82) is 0 Å². The summed E-state index contributed by atoms with van der Waals surface area (Å²) in [6.07, 6.45) is 0.949. The van der Waals surface area contributed by atoms with Gasteiger partial charge in [-0.3, -0.25) is 9.08 Å². The van der Waals surface area contributed by atoms with Gasteiger partial charge in [0.1, 0.15) is 6.10 Å². The van der Waals surface area contributed by atoms with Crippen molar-refractivity contribution in [1.82, 2.24) is 4.90 Å². The molecule has 0 aromatic rings. The second-order valence-corrected chi connectivity index (χ2v) is 6.46. The lowest BCUT2D eigenvalue weighted by atomic mass is 9.88. The summed E-state index contributed by atoms with van der Waals surface area (Å²) in [5.74, 6) is 0.410. The van der Waals surface area contributed by atoms with Gasteiger partial charge in [0.15, 0.2) is 0 Å². The molecule has 5 heteroatoms. The minimum atomic E-state index is -3.33. The summed E-state index contributed by atoms with van der Waals surface area (Å²) in [7, 11) is -3.33. The van der Waals surface area contributed by atoms with E-state index in [1.54, 1.807) is 0 Å². The van der Waals surface area contributed by atoms with Gasteiger partial charge in [0.05, 0.1) is 6.26 Å². The van der Waals surface area contributed by atoms with Crippen molar-refractivity contribution in [3.63, 3.8) is 0 Å². The molecule has 1 rings (SSSR count). The van der Waals surface area contributed by atoms with Crippen LogP contribution in [0.3, 0.4) is 0 Å². The zero-order chi connectivity index (χ0) is 11.8. The summed E-state index contributed by atoms with van der Waals surface area (Å²) in [4.78, 5) is 2.28. The van der Waals surface area contributed by atoms with Gasteiger partial charge in [-0.25, -0.2) is 0 Å². The summed E-state index contributed by atoms with van der Waals surface area (Å²) in [6, 6.07) is 0.663. The molecular formula is C10H21NO3S. The van der Waals surface area contributed by atoms with E-state index in [1.165, 1.54) is 0 Å². The molecule has 0 spiro atoms. The molecule has 2 unspecified atom stereocenters. The molecule has 90 valence electrons. The Kier molecular flexibility index (Phi) is 3.79. The van der Waals surface area contributed by atoms with Gasteiger partial charge in [0, 0.05) is 18.6 Å². The topological polar surface area (TPSA) is 46.6 Å². The van der Waals surface area contributed by atoms with Crippen molar-refractivity contribution in [2.75, 3.05) is 12.8 Å². The largest absolute Gasteiger partial charge is 0.292 e. The first-order valence-electron chi connectivity index (χ1n) is 5.36. The van der Waals surface area contributed by atoms with Gasteiger partial charge in [0.2, 0.25) is 0 Å². The third kappa shape index (κ3) is 3.16. The highest BCUT2D eigenvalue weighted by Crippen LogP contribution is 2.30. The lowest BCUT2D eigenvalue weighted by Gasteiger charge is -2.51. The Balaban J connectivity index is 2.64. The Morgan fingerprint density at radius 2 is 1.80 bits per heavy atom. The molecule has 0 radical (unpaired) electrons. The van der Waals surface area contributed by atoms with E-state index in [0.29, 0.717) is 18.5 Å². The van der Waals surface area contributed by atoms with Crippen LogP contribution in [0, 0.1) is 5.92 Å². The van der Waals surface area contributed by atoms with Crippen LogP contribution in [0.25, 0.3) is 0 Å². The van der Waals surface area contributed by atoms with Crippen LogP contribution in [-0.4, -0.2) is 44.3 Å². The molecule has 1 saturated heterocycles. The molecule has 0 aromatic carbocycles. The van der Waals surface area contributed by atoms with Crippen LogP contribution in [-0.2, 0) is 14.3 Å². The van der Waals surface area contributed by atoms with E-state index in [0.717, 1.165) is 6.26 Å². The highest BCUT2D eigenvalue weighted by molar-refractivity contribution is 7.86. The predicted molar refractivity (Wildman–Crippen MR) is 60.2 cm³/mol. The van der Waals surface area contributed by atoms with Crippen molar-refractivity contribution in [2.45, 2.75) is 45.9 Å². The molecule has 1 fully saturated rings. The fourth-order valence-corrected chi connectivity index (χ4v) is 2.82. The Morgan fingerprint density at radius 1 is 1.27 bits per heavy atom. The molecule has 0 aromatic heterocycles. The lowest BCUT2D eigenvalue weighted by Crippen LogP contribution is -2.65. The Bertz CT molecular complexity index is 311. The Morgan fingerprint density at radius 3 is 2.13 bits per heavy atom. The molecule has 0 aliphatic carbocycles. The smallest absolute Gasteiger partial charge is 0.264 e. The van der Waals surface area contributed by atoms with E-state index < -0.39 is 10.1 Å². The number of nitrogens with zero attached hydrogens (tertiary/aromatic N) is 1. The molecule has 0 saturated carbocycles. The predicted octanol–water partition coefficient (Wildman–Crippen LogP) is 1.08. The summed E-state index contributed by atoms with van der Waals surface area (Å²) in [6.45, 7) is 9.14. The fourth-order valence-electron chi connectivity index (χ4n) is 2.19. The van der Waals surface area contributed by atoms with Crippen LogP contribution >= 0.6 is 0 Å². The molecule has 2 atom stereocenters. The van der Waals surface area contributed by atoms with Gasteiger partial charge in [-0.2, -0.15) is 8.42 Å². The van der Waals surface area contributed by atoms with E-state index in [4.69, 9.17) is 4.18 Å². The van der Waals surface area contributed by atoms with Gasteiger partial charge in [-0.1, -0.05) is 13.8 Å². The number of hydrogen-bond acceptors (Lipinski definition) is 4. The average molecular weight is 235 g/mol. The molecule has 4 nitrogen and oxygen atoms in total. The third-order valence-corrected chi connectivity index (χ3v) is 3.40. The van der Waals surface area contributed by atoms with E-state index in [9.17, 15) is 8.42 Å². The van der Waals surface area contributed by atoms with Crippen LogP contribution in [0.1, 0.15) is 27.7 Å². The molecule has 15 heavy (non-hydrogen) atoms. The van der Waals surface area contributed by atoms with Crippen LogP contribution in [0.5, 0.6) is 0 Å². The van der Waals surface area contributed by atoms with E-state index >= 15 is 0 Å². The minimum absolute atomic E-state index is 0.164. The van der Waals surface area contributed by atoms with Gasteiger partial charge < -0.3 is 0 Å². The molecular weight excluding hydrogens is 214 g/mol. The maximum absolute atomic E-state index is 11.0. The van der Waals surface area contributed by atoms with E-state index in [2.05, 4.69) is 32.6 Å². The molecule has 1 aliphatic rings. The lowest BCUT2D eigenvalue weighted by molar-refractivity contribution is -0.0807. The fraction of sp³-hybridized carbons (Fsp3) is 1.00. The quantitative estimate of drug-likeness (QED) is 0.684. The van der Waals surface area contributed by atoms with E-state index in [-0.39, 0.29) is 12.1 Å². The van der Waals surface area contributed by atoms with Gasteiger partial charge in [-0.05, 0) is 19.8 Å². The SMILES string of the molecule is CC(C)C1C(OS(C)(=O)=O)CN1C(C)C. The molecule has 0 bridgehead atoms. The number of hydrogen-bond donors (Lipinski definition) is 0. The third-order valence-electron chi connectivity index (χ3n) is 2.80. The maximum Gasteiger partial charge on any atom is 0.264 e. The Labute approximate surface area is 92.7 Å². The summed E-state index contributed by atoms with van der Waals surface area (Å²) >= 11 is 0. The van der Waals surface area contributed by atoms with Gasteiger partial charge in [0.25, 0.3) is 10.1 Å². The highest BCUT2D eigenvalue weighted by Gasteiger charge is 2.44. The number of rotatable bonds is 4. The first-order valence-corrected chi connectivity index (χ1v) is 7.18. The van der Waals surface area contributed by atoms with Crippen molar-refractivity contribution < 1.29 is 12.6 Å². The molecule has 1 aliphatic heterocycles. The summed E-state index contributed by atoms with van der Waals surface area (Å²) in [5.41, 5.74) is 0. The number of likely N-dealkylation sites (tertiary alicyclic amines) is 1. The summed E-state index contributed by atoms with van der Waals surface area (Å²) in [5, 5.41) is 0. The normalized spacial score (nSPS) is 28.5. The van der Waals surface area contributed by atoms with Crippen molar-refractivity contribution in [3.8, 4) is 0 Å². The highest BCUT2D eigenvalue weighted by atomic mass is 32.2. The van der Waals surface area contributed by atoms with Crippen LogP contribution < -0.4 is 0 Å². The summed E-state index contributed by atoms with van der Waals surface area (Å²) < 4.78 is 27.1. The van der Waals surface area contributed by atoms with Crippen molar-refractivity contribution in [3.05, 3.63) is 0 Å². The second kappa shape index (κ2) is 4.39. The molecule has 1 heterocycles. The Hall–Kier alpha value is -0.130. The minimum Gasteiger partial charge on any atom is -0.292 e. The standard InChI is InChI=1S/C10H21NO3S/c1-7(2)10-9(14-15(5,12)13)6-11(10)8(3)4/h7-10H,6H2,1-5H3. The average Bonchev–Trinajstić information content (AvgIpc) is 1.92. The zero-order valence-electron chi connectivity index (χ0n) is 10.1. The molecule has 0 N–H and O–H groups in total. The zero-order valence-corrected chi connectivity index (χ0v) is 10.9. The van der Waals surface area contributed by atoms with Gasteiger partial charge >= 0.3 is 0 Å². The van der Waals surface area contributed by atoms with Crippen LogP contribution in [0.4, 0.5) is 0 Å². The first kappa shape index (κ1) is 12.9. The maximum atomic E-state index is 11.0. The second-order valence-electron chi connectivity index (χ2n) is 4.86. The first-order chi connectivity index (χ1) is 6.72. The van der Waals surface area contributed by atoms with E-state index in [1.807, 2.05) is 0 Å². The van der Waals surface area contributed by atoms with Crippen molar-refractivity contribution >= 4 is 10.1 Å². The van der Waals surface area contributed by atoms with Gasteiger partial charge in [-0.15, -0.1) is 0 Å². The van der Waals surface area contributed by atoms with Crippen LogP contribution in [0.15, 0.2) is 0 Å². The van der Waals surface area contributed by atoms with Crippen LogP contribution in [0.2, 0.25) is 0 Å². The molecule has 0 amide bonds. The monoisotopic (exact) mass is 235 g/mol. The van der Waals surface area contributed by atoms with Crippen molar-refractivity contribution in [2.24, 2.45) is 5.92 Å².